The SMILES string of the molecule is CCS(=O)(=O)N1CCC(c2c[nH]c3c(C(N)=O)cc(-c4cc(CN5CCOCC5)c5c(c4)OCC5)cc23)CC1. The van der Waals surface area contributed by atoms with Crippen molar-refractivity contribution in [2.45, 2.75) is 38.6 Å². The number of benzene rings is 2. The summed E-state index contributed by atoms with van der Waals surface area (Å²) in [5.41, 5.74) is 12.6. The van der Waals surface area contributed by atoms with Crippen LogP contribution in [0.15, 0.2) is 30.5 Å². The Morgan fingerprint density at radius 1 is 1.05 bits per heavy atom. The molecule has 6 rings (SSSR count). The third-order valence-corrected chi connectivity index (χ3v) is 10.4. The number of aromatic nitrogens is 1. The van der Waals surface area contributed by atoms with Crippen LogP contribution in [0.4, 0.5) is 0 Å². The first-order valence-corrected chi connectivity index (χ1v) is 15.5. The molecule has 3 aliphatic heterocycles. The summed E-state index contributed by atoms with van der Waals surface area (Å²) in [7, 11) is -3.19. The number of sulfonamides is 1. The largest absolute Gasteiger partial charge is 0.493 e. The van der Waals surface area contributed by atoms with E-state index in [-0.39, 0.29) is 11.7 Å². The topological polar surface area (TPSA) is 118 Å². The zero-order valence-electron chi connectivity index (χ0n) is 22.4. The van der Waals surface area contributed by atoms with Crippen LogP contribution in [0.25, 0.3) is 22.0 Å². The summed E-state index contributed by atoms with van der Waals surface area (Å²) in [6.45, 7) is 7.51. The van der Waals surface area contributed by atoms with Crippen LogP contribution in [0.3, 0.4) is 0 Å². The van der Waals surface area contributed by atoms with Crippen LogP contribution in [0, 0.1) is 0 Å². The van der Waals surface area contributed by atoms with Crippen molar-refractivity contribution in [3.8, 4) is 16.9 Å². The molecule has 2 aromatic carbocycles. The van der Waals surface area contributed by atoms with Crippen LogP contribution in [0.5, 0.6) is 5.75 Å². The van der Waals surface area contributed by atoms with Gasteiger partial charge in [-0.1, -0.05) is 0 Å². The van der Waals surface area contributed by atoms with E-state index in [0.29, 0.717) is 25.3 Å². The molecule has 208 valence electrons. The van der Waals surface area contributed by atoms with E-state index in [1.54, 1.807) is 11.2 Å². The number of aromatic amines is 1. The fraction of sp³-hybridized carbons (Fsp3) is 0.483. The Morgan fingerprint density at radius 3 is 2.51 bits per heavy atom. The molecule has 0 aliphatic carbocycles. The highest BCUT2D eigenvalue weighted by molar-refractivity contribution is 7.89. The first kappa shape index (κ1) is 26.3. The lowest BCUT2D eigenvalue weighted by molar-refractivity contribution is 0.0341. The van der Waals surface area contributed by atoms with Gasteiger partial charge < -0.3 is 20.2 Å². The fourth-order valence-electron chi connectivity index (χ4n) is 6.27. The predicted octanol–water partition coefficient (Wildman–Crippen LogP) is 3.23. The van der Waals surface area contributed by atoms with Crippen LogP contribution in [0.2, 0.25) is 0 Å². The van der Waals surface area contributed by atoms with Gasteiger partial charge >= 0.3 is 0 Å². The van der Waals surface area contributed by atoms with Crippen molar-refractivity contribution in [1.29, 1.82) is 0 Å². The van der Waals surface area contributed by atoms with Crippen LogP contribution < -0.4 is 10.5 Å². The number of rotatable bonds is 7. The summed E-state index contributed by atoms with van der Waals surface area (Å²) in [6.07, 6.45) is 4.33. The molecule has 0 unspecified atom stereocenters. The van der Waals surface area contributed by atoms with Gasteiger partial charge in [-0.25, -0.2) is 12.7 Å². The van der Waals surface area contributed by atoms with Gasteiger partial charge in [0, 0.05) is 56.3 Å². The van der Waals surface area contributed by atoms with Gasteiger partial charge in [-0.15, -0.1) is 0 Å². The average Bonchev–Trinajstić information content (AvgIpc) is 3.60. The third-order valence-electron chi connectivity index (χ3n) is 8.48. The summed E-state index contributed by atoms with van der Waals surface area (Å²) < 4.78 is 37.9. The molecule has 0 saturated carbocycles. The zero-order valence-corrected chi connectivity index (χ0v) is 23.2. The molecule has 3 aliphatic rings. The van der Waals surface area contributed by atoms with Gasteiger partial charge in [-0.2, -0.15) is 0 Å². The summed E-state index contributed by atoms with van der Waals surface area (Å²) in [4.78, 5) is 18.3. The molecule has 0 atom stereocenters. The predicted molar refractivity (Wildman–Crippen MR) is 151 cm³/mol. The number of hydrogen-bond donors (Lipinski definition) is 2. The van der Waals surface area contributed by atoms with Gasteiger partial charge in [0.15, 0.2) is 0 Å². The highest BCUT2D eigenvalue weighted by Gasteiger charge is 2.29. The molecule has 2 saturated heterocycles. The Bertz CT molecular complexity index is 1500. The maximum atomic E-state index is 12.6. The molecule has 3 N–H and O–H groups in total. The van der Waals surface area contributed by atoms with Crippen molar-refractivity contribution in [3.63, 3.8) is 0 Å². The fourth-order valence-corrected chi connectivity index (χ4v) is 7.40. The Balaban J connectivity index is 1.38. The van der Waals surface area contributed by atoms with Crippen molar-refractivity contribution >= 4 is 26.8 Å². The number of nitrogens with zero attached hydrogens (tertiary/aromatic N) is 2. The van der Waals surface area contributed by atoms with Crippen molar-refractivity contribution < 1.29 is 22.7 Å². The standard InChI is InChI=1S/C29H36N4O5S/c1-2-39(35,36)33-6-3-19(4-7-33)26-17-31-28-24(26)14-21(15-25(28)29(30)34)20-13-22(18-32-8-11-37-12-9-32)23-5-10-38-27(23)16-20/h13-17,19,31H,2-12,18H2,1H3,(H2,30,34). The van der Waals surface area contributed by atoms with Gasteiger partial charge in [0.25, 0.3) is 5.91 Å². The second kappa shape index (κ2) is 10.6. The molecule has 9 nitrogen and oxygen atoms in total. The Hall–Kier alpha value is -2.92. The van der Waals surface area contributed by atoms with Gasteiger partial charge in [-0.3, -0.25) is 9.69 Å². The summed E-state index contributed by atoms with van der Waals surface area (Å²) in [5, 5.41) is 0.967. The van der Waals surface area contributed by atoms with E-state index in [4.69, 9.17) is 15.2 Å². The van der Waals surface area contributed by atoms with E-state index >= 15 is 0 Å². The molecule has 0 bridgehead atoms. The number of ether oxygens (including phenoxy) is 2. The summed E-state index contributed by atoms with van der Waals surface area (Å²) in [6, 6.07) is 8.32. The van der Waals surface area contributed by atoms with Crippen molar-refractivity contribution in [1.82, 2.24) is 14.2 Å². The molecule has 1 aromatic heterocycles. The number of primary amides is 1. The minimum absolute atomic E-state index is 0.119. The number of hydrogen-bond acceptors (Lipinski definition) is 6. The number of nitrogens with two attached hydrogens (primary N) is 1. The first-order chi connectivity index (χ1) is 18.8. The lowest BCUT2D eigenvalue weighted by Gasteiger charge is -2.31. The Morgan fingerprint density at radius 2 is 1.79 bits per heavy atom. The summed E-state index contributed by atoms with van der Waals surface area (Å²) >= 11 is 0. The van der Waals surface area contributed by atoms with E-state index in [1.807, 2.05) is 12.3 Å². The van der Waals surface area contributed by atoms with Crippen LogP contribution in [-0.2, 0) is 27.7 Å². The maximum Gasteiger partial charge on any atom is 0.250 e. The van der Waals surface area contributed by atoms with Crippen molar-refractivity contribution in [3.05, 3.63) is 52.7 Å². The van der Waals surface area contributed by atoms with Crippen LogP contribution in [0.1, 0.15) is 52.7 Å². The van der Waals surface area contributed by atoms with Gasteiger partial charge in [0.05, 0.1) is 36.7 Å². The molecule has 4 heterocycles. The first-order valence-electron chi connectivity index (χ1n) is 13.9. The number of piperidine rings is 1. The van der Waals surface area contributed by atoms with E-state index < -0.39 is 15.9 Å². The minimum Gasteiger partial charge on any atom is -0.493 e. The van der Waals surface area contributed by atoms with E-state index in [2.05, 4.69) is 28.1 Å². The normalized spacial score (nSPS) is 19.3. The third kappa shape index (κ3) is 5.06. The molecule has 39 heavy (non-hydrogen) atoms. The molecule has 1 amide bonds. The zero-order chi connectivity index (χ0) is 27.1. The molecule has 0 spiro atoms. The van der Waals surface area contributed by atoms with Gasteiger partial charge in [0.2, 0.25) is 10.0 Å². The smallest absolute Gasteiger partial charge is 0.250 e. The lowest BCUT2D eigenvalue weighted by Crippen LogP contribution is -2.38. The molecule has 10 heteroatoms. The molecule has 0 radical (unpaired) electrons. The molecular formula is C29H36N4O5S. The van der Waals surface area contributed by atoms with Crippen LogP contribution in [-0.4, -0.2) is 80.3 Å². The molecule has 2 fully saturated rings. The number of amides is 1. The van der Waals surface area contributed by atoms with E-state index in [1.165, 1.54) is 11.1 Å². The van der Waals surface area contributed by atoms with E-state index in [9.17, 15) is 13.2 Å². The monoisotopic (exact) mass is 552 g/mol. The van der Waals surface area contributed by atoms with Crippen LogP contribution >= 0.6 is 0 Å². The molecule has 3 aromatic rings. The number of H-pyrrole nitrogens is 1. The second-order valence-corrected chi connectivity index (χ2v) is 13.0. The van der Waals surface area contributed by atoms with Gasteiger partial charge in [0.1, 0.15) is 5.75 Å². The quantitative estimate of drug-likeness (QED) is 0.465. The average molecular weight is 553 g/mol. The van der Waals surface area contributed by atoms with E-state index in [0.717, 1.165) is 85.5 Å². The number of nitrogens with one attached hydrogen (secondary N) is 1. The molecular weight excluding hydrogens is 516 g/mol. The number of morpholine rings is 1. The highest BCUT2D eigenvalue weighted by atomic mass is 32.2. The van der Waals surface area contributed by atoms with Crippen molar-refractivity contribution in [2.75, 3.05) is 51.8 Å². The minimum atomic E-state index is -3.19. The lowest BCUT2D eigenvalue weighted by atomic mass is 9.88. The number of fused-ring (bicyclic) bond motifs is 2. The number of carbonyl (C=O) groups excluding carboxylic acids is 1. The Labute approximate surface area is 229 Å². The second-order valence-electron chi connectivity index (χ2n) is 10.7. The maximum absolute atomic E-state index is 12.6. The van der Waals surface area contributed by atoms with Crippen molar-refractivity contribution in [2.24, 2.45) is 5.73 Å². The summed E-state index contributed by atoms with van der Waals surface area (Å²) in [5.74, 6) is 0.743. The van der Waals surface area contributed by atoms with Gasteiger partial charge in [-0.05, 0) is 72.2 Å². The Kier molecular flexibility index (Phi) is 7.13. The highest BCUT2D eigenvalue weighted by Crippen LogP contribution is 2.40. The number of carbonyl (C=O) groups is 1.